The first-order valence-electron chi connectivity index (χ1n) is 10.6. The fraction of sp³-hybridized carbons (Fsp3) is 0.440. The quantitative estimate of drug-likeness (QED) is 0.660. The van der Waals surface area contributed by atoms with Crippen molar-refractivity contribution in [2.45, 2.75) is 52.6 Å². The van der Waals surface area contributed by atoms with Gasteiger partial charge in [0.1, 0.15) is 17.5 Å². The Bertz CT molecular complexity index is 855. The standard InChI is InChI=1S/C25H34N2O4/c1-7-26-24(29)18(2)27(16-19-8-12-21(30-6)13-9-19)23(28)17-31-22-14-10-20(11-15-22)25(3,4)5/h8-15,18H,7,16-17H2,1-6H3,(H,26,29)/t18-/m1/s1. The van der Waals surface area contributed by atoms with E-state index in [1.165, 1.54) is 10.5 Å². The Hall–Kier alpha value is -3.02. The highest BCUT2D eigenvalue weighted by atomic mass is 16.5. The Balaban J connectivity index is 2.11. The van der Waals surface area contributed by atoms with Crippen molar-refractivity contribution in [3.63, 3.8) is 0 Å². The number of hydrogen-bond acceptors (Lipinski definition) is 4. The van der Waals surface area contributed by atoms with Crippen LogP contribution in [0.3, 0.4) is 0 Å². The summed E-state index contributed by atoms with van der Waals surface area (Å²) in [5.41, 5.74) is 2.14. The summed E-state index contributed by atoms with van der Waals surface area (Å²) in [6.07, 6.45) is 0. The van der Waals surface area contributed by atoms with Gasteiger partial charge in [0.15, 0.2) is 6.61 Å². The topological polar surface area (TPSA) is 67.9 Å². The molecule has 0 spiro atoms. The van der Waals surface area contributed by atoms with Crippen LogP contribution in [0.2, 0.25) is 0 Å². The fourth-order valence-electron chi connectivity index (χ4n) is 3.11. The SMILES string of the molecule is CCNC(=O)[C@@H](C)N(Cc1ccc(OC)cc1)C(=O)COc1ccc(C(C)(C)C)cc1. The molecule has 1 N–H and O–H groups in total. The molecule has 0 saturated heterocycles. The number of hydrogen-bond donors (Lipinski definition) is 1. The zero-order valence-corrected chi connectivity index (χ0v) is 19.4. The van der Waals surface area contributed by atoms with Gasteiger partial charge in [0, 0.05) is 13.1 Å². The van der Waals surface area contributed by atoms with Crippen LogP contribution in [0, 0.1) is 0 Å². The molecule has 0 aliphatic rings. The average Bonchev–Trinajstić information content (AvgIpc) is 2.75. The Morgan fingerprint density at radius 2 is 1.58 bits per heavy atom. The van der Waals surface area contributed by atoms with Gasteiger partial charge in [-0.05, 0) is 54.7 Å². The molecule has 0 heterocycles. The lowest BCUT2D eigenvalue weighted by molar-refractivity contribution is -0.142. The molecule has 0 bridgehead atoms. The Kier molecular flexibility index (Phi) is 8.48. The molecular formula is C25H34N2O4. The first-order chi connectivity index (χ1) is 14.7. The van der Waals surface area contributed by atoms with Crippen molar-refractivity contribution >= 4 is 11.8 Å². The zero-order chi connectivity index (χ0) is 23.0. The lowest BCUT2D eigenvalue weighted by atomic mass is 9.87. The third-order valence-corrected chi connectivity index (χ3v) is 5.11. The third-order valence-electron chi connectivity index (χ3n) is 5.11. The average molecular weight is 427 g/mol. The van der Waals surface area contributed by atoms with Crippen LogP contribution in [0.1, 0.15) is 45.7 Å². The van der Waals surface area contributed by atoms with Gasteiger partial charge in [0.2, 0.25) is 5.91 Å². The maximum atomic E-state index is 13.0. The number of amides is 2. The minimum absolute atomic E-state index is 0.0472. The minimum Gasteiger partial charge on any atom is -0.497 e. The first kappa shape index (κ1) is 24.3. The van der Waals surface area contributed by atoms with Crippen LogP contribution in [0.5, 0.6) is 11.5 Å². The van der Waals surface area contributed by atoms with Crippen molar-refractivity contribution in [1.29, 1.82) is 0 Å². The molecule has 0 radical (unpaired) electrons. The van der Waals surface area contributed by atoms with E-state index in [-0.39, 0.29) is 23.8 Å². The van der Waals surface area contributed by atoms with E-state index in [1.54, 1.807) is 14.0 Å². The summed E-state index contributed by atoms with van der Waals surface area (Å²) in [4.78, 5) is 27.0. The molecule has 0 aromatic heterocycles. The molecule has 6 heteroatoms. The third kappa shape index (κ3) is 7.02. The van der Waals surface area contributed by atoms with Crippen LogP contribution in [-0.2, 0) is 21.5 Å². The highest BCUT2D eigenvalue weighted by Crippen LogP contribution is 2.24. The molecule has 0 unspecified atom stereocenters. The predicted molar refractivity (Wildman–Crippen MR) is 122 cm³/mol. The number of likely N-dealkylation sites (N-methyl/N-ethyl adjacent to an activating group) is 1. The highest BCUT2D eigenvalue weighted by molar-refractivity contribution is 5.87. The second-order valence-corrected chi connectivity index (χ2v) is 8.50. The van der Waals surface area contributed by atoms with Gasteiger partial charge in [-0.1, -0.05) is 45.0 Å². The summed E-state index contributed by atoms with van der Waals surface area (Å²) in [5, 5.41) is 2.79. The molecule has 2 amide bonds. The molecule has 1 atom stereocenters. The highest BCUT2D eigenvalue weighted by Gasteiger charge is 2.26. The fourth-order valence-corrected chi connectivity index (χ4v) is 3.11. The number of methoxy groups -OCH3 is 1. The summed E-state index contributed by atoms with van der Waals surface area (Å²) in [6, 6.07) is 14.6. The van der Waals surface area contributed by atoms with Gasteiger partial charge in [-0.25, -0.2) is 0 Å². The van der Waals surface area contributed by atoms with Crippen molar-refractivity contribution in [3.8, 4) is 11.5 Å². The van der Waals surface area contributed by atoms with E-state index in [9.17, 15) is 9.59 Å². The molecule has 2 rings (SSSR count). The normalized spacial score (nSPS) is 12.1. The smallest absolute Gasteiger partial charge is 0.261 e. The molecule has 0 fully saturated rings. The number of ether oxygens (including phenoxy) is 2. The first-order valence-corrected chi connectivity index (χ1v) is 10.6. The Morgan fingerprint density at radius 3 is 2.10 bits per heavy atom. The van der Waals surface area contributed by atoms with Gasteiger partial charge in [-0.15, -0.1) is 0 Å². The maximum Gasteiger partial charge on any atom is 0.261 e. The molecule has 2 aromatic rings. The van der Waals surface area contributed by atoms with E-state index in [4.69, 9.17) is 9.47 Å². The molecule has 6 nitrogen and oxygen atoms in total. The molecule has 0 saturated carbocycles. The summed E-state index contributed by atoms with van der Waals surface area (Å²) in [7, 11) is 1.60. The zero-order valence-electron chi connectivity index (χ0n) is 19.4. The number of rotatable bonds is 9. The summed E-state index contributed by atoms with van der Waals surface area (Å²) >= 11 is 0. The van der Waals surface area contributed by atoms with Crippen molar-refractivity contribution in [2.24, 2.45) is 0 Å². The van der Waals surface area contributed by atoms with Crippen molar-refractivity contribution < 1.29 is 19.1 Å². The number of nitrogens with zero attached hydrogens (tertiary/aromatic N) is 1. The monoisotopic (exact) mass is 426 g/mol. The van der Waals surface area contributed by atoms with Gasteiger partial charge < -0.3 is 19.7 Å². The van der Waals surface area contributed by atoms with E-state index < -0.39 is 6.04 Å². The largest absolute Gasteiger partial charge is 0.497 e. The van der Waals surface area contributed by atoms with Gasteiger partial charge in [-0.3, -0.25) is 9.59 Å². The van der Waals surface area contributed by atoms with Gasteiger partial charge in [-0.2, -0.15) is 0 Å². The van der Waals surface area contributed by atoms with Crippen LogP contribution < -0.4 is 14.8 Å². The minimum atomic E-state index is -0.624. The molecular weight excluding hydrogens is 392 g/mol. The molecule has 0 aliphatic heterocycles. The van der Waals surface area contributed by atoms with Gasteiger partial charge in [0.25, 0.3) is 5.91 Å². The number of carbonyl (C=O) groups excluding carboxylic acids is 2. The summed E-state index contributed by atoms with van der Waals surface area (Å²) < 4.78 is 10.9. The van der Waals surface area contributed by atoms with Gasteiger partial charge >= 0.3 is 0 Å². The van der Waals surface area contributed by atoms with Crippen molar-refractivity contribution in [3.05, 3.63) is 59.7 Å². The van der Waals surface area contributed by atoms with Crippen LogP contribution in [0.25, 0.3) is 0 Å². The lowest BCUT2D eigenvalue weighted by Crippen LogP contribution is -2.49. The maximum absolute atomic E-state index is 13.0. The second-order valence-electron chi connectivity index (χ2n) is 8.50. The number of carbonyl (C=O) groups is 2. The van der Waals surface area contributed by atoms with Crippen LogP contribution >= 0.6 is 0 Å². The molecule has 0 aliphatic carbocycles. The van der Waals surface area contributed by atoms with E-state index in [2.05, 4.69) is 26.1 Å². The number of nitrogens with one attached hydrogen (secondary N) is 1. The van der Waals surface area contributed by atoms with Crippen LogP contribution in [0.4, 0.5) is 0 Å². The predicted octanol–water partition coefficient (Wildman–Crippen LogP) is 3.92. The summed E-state index contributed by atoms with van der Waals surface area (Å²) in [6.45, 7) is 10.7. The Morgan fingerprint density at radius 1 is 1.00 bits per heavy atom. The lowest BCUT2D eigenvalue weighted by Gasteiger charge is -2.28. The summed E-state index contributed by atoms with van der Waals surface area (Å²) in [5.74, 6) is 0.908. The second kappa shape index (κ2) is 10.8. The number of benzene rings is 2. The van der Waals surface area contributed by atoms with Crippen LogP contribution in [0.15, 0.2) is 48.5 Å². The Labute approximate surface area is 185 Å². The van der Waals surface area contributed by atoms with E-state index in [0.717, 1.165) is 11.3 Å². The van der Waals surface area contributed by atoms with E-state index in [1.807, 2.05) is 55.5 Å². The van der Waals surface area contributed by atoms with E-state index >= 15 is 0 Å². The van der Waals surface area contributed by atoms with Crippen molar-refractivity contribution in [2.75, 3.05) is 20.3 Å². The van der Waals surface area contributed by atoms with E-state index in [0.29, 0.717) is 18.8 Å². The molecule has 31 heavy (non-hydrogen) atoms. The molecule has 2 aromatic carbocycles. The van der Waals surface area contributed by atoms with Gasteiger partial charge in [0.05, 0.1) is 7.11 Å². The van der Waals surface area contributed by atoms with Crippen LogP contribution in [-0.4, -0.2) is 43.0 Å². The van der Waals surface area contributed by atoms with Crippen molar-refractivity contribution in [1.82, 2.24) is 10.2 Å². The molecule has 168 valence electrons.